The predicted molar refractivity (Wildman–Crippen MR) is 59.6 cm³/mol. The van der Waals surface area contributed by atoms with Crippen molar-refractivity contribution in [3.63, 3.8) is 0 Å². The molecule has 1 aliphatic carbocycles. The molecule has 0 aromatic carbocycles. The van der Waals surface area contributed by atoms with Gasteiger partial charge in [0.1, 0.15) is 6.54 Å². The first-order chi connectivity index (χ1) is 7.99. The van der Waals surface area contributed by atoms with E-state index in [1.807, 2.05) is 0 Å². The van der Waals surface area contributed by atoms with Gasteiger partial charge in [0, 0.05) is 19.3 Å². The van der Waals surface area contributed by atoms with Crippen LogP contribution in [0.25, 0.3) is 0 Å². The number of hydrogen-bond donors (Lipinski definition) is 1. The molecule has 1 saturated carbocycles. The highest BCUT2D eigenvalue weighted by molar-refractivity contribution is 5.97. The molecule has 1 N–H and O–H groups in total. The highest BCUT2D eigenvalue weighted by Crippen LogP contribution is 2.28. The standard InChI is InChI=1S/C11H15N3O3/c1-7-9(5-13(2)12-7)11(17)14(6-10(15)16)8-3-4-8/h5,8H,3-4,6H2,1-2H3,(H,15,16). The Labute approximate surface area is 98.8 Å². The van der Waals surface area contributed by atoms with Crippen molar-refractivity contribution in [1.82, 2.24) is 14.7 Å². The molecule has 17 heavy (non-hydrogen) atoms. The van der Waals surface area contributed by atoms with Crippen LogP contribution in [-0.4, -0.2) is 44.3 Å². The minimum atomic E-state index is -0.980. The molecular weight excluding hydrogens is 222 g/mol. The largest absolute Gasteiger partial charge is 0.480 e. The van der Waals surface area contributed by atoms with Gasteiger partial charge in [0.05, 0.1) is 11.3 Å². The van der Waals surface area contributed by atoms with Crippen LogP contribution in [0.5, 0.6) is 0 Å². The summed E-state index contributed by atoms with van der Waals surface area (Å²) in [6.45, 7) is 1.51. The molecule has 1 amide bonds. The molecule has 1 aliphatic rings. The van der Waals surface area contributed by atoms with E-state index in [1.54, 1.807) is 24.9 Å². The second-order valence-electron chi connectivity index (χ2n) is 4.36. The maximum atomic E-state index is 12.2. The molecule has 0 radical (unpaired) electrons. The van der Waals surface area contributed by atoms with Crippen LogP contribution in [0.3, 0.4) is 0 Å². The van der Waals surface area contributed by atoms with Crippen molar-refractivity contribution >= 4 is 11.9 Å². The smallest absolute Gasteiger partial charge is 0.323 e. The van der Waals surface area contributed by atoms with E-state index in [1.165, 1.54) is 4.90 Å². The second-order valence-corrected chi connectivity index (χ2v) is 4.36. The van der Waals surface area contributed by atoms with Crippen LogP contribution >= 0.6 is 0 Å². The van der Waals surface area contributed by atoms with Gasteiger partial charge in [-0.15, -0.1) is 0 Å². The van der Waals surface area contributed by atoms with E-state index in [0.29, 0.717) is 11.3 Å². The number of aromatic nitrogens is 2. The molecule has 1 aromatic heterocycles. The predicted octanol–water partition coefficient (Wildman–Crippen LogP) is 0.418. The zero-order valence-electron chi connectivity index (χ0n) is 9.88. The van der Waals surface area contributed by atoms with Crippen molar-refractivity contribution in [3.8, 4) is 0 Å². The van der Waals surface area contributed by atoms with Crippen LogP contribution in [0.2, 0.25) is 0 Å². The first-order valence-corrected chi connectivity index (χ1v) is 5.52. The van der Waals surface area contributed by atoms with Gasteiger partial charge in [0.15, 0.2) is 0 Å². The quantitative estimate of drug-likeness (QED) is 0.823. The Kier molecular flexibility index (Phi) is 2.87. The first-order valence-electron chi connectivity index (χ1n) is 5.52. The van der Waals surface area contributed by atoms with Gasteiger partial charge in [-0.1, -0.05) is 0 Å². The lowest BCUT2D eigenvalue weighted by Gasteiger charge is -2.19. The highest BCUT2D eigenvalue weighted by atomic mass is 16.4. The van der Waals surface area contributed by atoms with Crippen LogP contribution in [0.1, 0.15) is 28.9 Å². The summed E-state index contributed by atoms with van der Waals surface area (Å²) in [5, 5.41) is 12.9. The van der Waals surface area contributed by atoms with E-state index in [-0.39, 0.29) is 18.5 Å². The van der Waals surface area contributed by atoms with E-state index in [4.69, 9.17) is 5.11 Å². The van der Waals surface area contributed by atoms with Crippen molar-refractivity contribution in [1.29, 1.82) is 0 Å². The Morgan fingerprint density at radius 1 is 1.59 bits per heavy atom. The van der Waals surface area contributed by atoms with Crippen LogP contribution < -0.4 is 0 Å². The number of carbonyl (C=O) groups is 2. The Morgan fingerprint density at radius 2 is 2.24 bits per heavy atom. The SMILES string of the molecule is Cc1nn(C)cc1C(=O)N(CC(=O)O)C1CC1. The molecule has 0 saturated heterocycles. The van der Waals surface area contributed by atoms with Gasteiger partial charge in [-0.25, -0.2) is 0 Å². The maximum Gasteiger partial charge on any atom is 0.323 e. The number of carboxylic acids is 1. The lowest BCUT2D eigenvalue weighted by Crippen LogP contribution is -2.37. The van der Waals surface area contributed by atoms with E-state index in [0.717, 1.165) is 12.8 Å². The summed E-state index contributed by atoms with van der Waals surface area (Å²) in [5.74, 6) is -1.22. The third kappa shape index (κ3) is 2.46. The third-order valence-corrected chi connectivity index (χ3v) is 2.80. The fraction of sp³-hybridized carbons (Fsp3) is 0.545. The summed E-state index contributed by atoms with van der Waals surface area (Å²) in [7, 11) is 1.74. The average molecular weight is 237 g/mol. The van der Waals surface area contributed by atoms with E-state index in [2.05, 4.69) is 5.10 Å². The van der Waals surface area contributed by atoms with E-state index in [9.17, 15) is 9.59 Å². The lowest BCUT2D eigenvalue weighted by molar-refractivity contribution is -0.137. The molecule has 0 unspecified atom stereocenters. The molecule has 6 nitrogen and oxygen atoms in total. The molecule has 92 valence electrons. The topological polar surface area (TPSA) is 75.4 Å². The number of nitrogens with zero attached hydrogens (tertiary/aromatic N) is 3. The fourth-order valence-corrected chi connectivity index (χ4v) is 1.86. The highest BCUT2D eigenvalue weighted by Gasteiger charge is 2.35. The normalized spacial score (nSPS) is 14.7. The third-order valence-electron chi connectivity index (χ3n) is 2.80. The van der Waals surface area contributed by atoms with Crippen LogP contribution in [0.4, 0.5) is 0 Å². The summed E-state index contributed by atoms with van der Waals surface area (Å²) in [4.78, 5) is 24.4. The van der Waals surface area contributed by atoms with Crippen LogP contribution in [0.15, 0.2) is 6.20 Å². The van der Waals surface area contributed by atoms with Gasteiger partial charge in [-0.05, 0) is 19.8 Å². The van der Waals surface area contributed by atoms with Gasteiger partial charge < -0.3 is 10.0 Å². The monoisotopic (exact) mass is 237 g/mol. The first kappa shape index (κ1) is 11.6. The summed E-state index contributed by atoms with van der Waals surface area (Å²) >= 11 is 0. The van der Waals surface area contributed by atoms with E-state index >= 15 is 0 Å². The Morgan fingerprint density at radius 3 is 2.65 bits per heavy atom. The Bertz CT molecular complexity index is 463. The van der Waals surface area contributed by atoms with Gasteiger partial charge in [0.25, 0.3) is 5.91 Å². The molecule has 6 heteroatoms. The second kappa shape index (κ2) is 4.20. The Hall–Kier alpha value is -1.85. The minimum Gasteiger partial charge on any atom is -0.480 e. The lowest BCUT2D eigenvalue weighted by atomic mass is 10.2. The molecule has 1 fully saturated rings. The fourth-order valence-electron chi connectivity index (χ4n) is 1.86. The van der Waals surface area contributed by atoms with Crippen molar-refractivity contribution in [2.75, 3.05) is 6.54 Å². The Balaban J connectivity index is 2.21. The number of carboxylic acid groups (broad SMARTS) is 1. The van der Waals surface area contributed by atoms with Crippen molar-refractivity contribution in [2.24, 2.45) is 7.05 Å². The number of hydrogen-bond acceptors (Lipinski definition) is 3. The van der Waals surface area contributed by atoms with Crippen molar-refractivity contribution < 1.29 is 14.7 Å². The summed E-state index contributed by atoms with van der Waals surface area (Å²) in [6, 6.07) is 0.0817. The minimum absolute atomic E-state index is 0.0817. The maximum absolute atomic E-state index is 12.2. The number of rotatable bonds is 4. The molecule has 0 atom stereocenters. The van der Waals surface area contributed by atoms with Crippen molar-refractivity contribution in [2.45, 2.75) is 25.8 Å². The molecule has 2 rings (SSSR count). The van der Waals surface area contributed by atoms with Gasteiger partial charge in [0.2, 0.25) is 0 Å². The van der Waals surface area contributed by atoms with Gasteiger partial charge in [-0.3, -0.25) is 14.3 Å². The molecule has 1 heterocycles. The summed E-state index contributed by atoms with van der Waals surface area (Å²) in [6.07, 6.45) is 3.41. The van der Waals surface area contributed by atoms with Gasteiger partial charge >= 0.3 is 5.97 Å². The number of amides is 1. The number of carbonyl (C=O) groups excluding carboxylic acids is 1. The van der Waals surface area contributed by atoms with Crippen molar-refractivity contribution in [3.05, 3.63) is 17.5 Å². The van der Waals surface area contributed by atoms with E-state index < -0.39 is 5.97 Å². The van der Waals surface area contributed by atoms with Crippen LogP contribution in [0, 0.1) is 6.92 Å². The van der Waals surface area contributed by atoms with Gasteiger partial charge in [-0.2, -0.15) is 5.10 Å². The molecule has 1 aromatic rings. The number of aliphatic carboxylic acids is 1. The molecular formula is C11H15N3O3. The summed E-state index contributed by atoms with van der Waals surface area (Å²) < 4.78 is 1.56. The zero-order valence-corrected chi connectivity index (χ0v) is 9.88. The van der Waals surface area contributed by atoms with Crippen LogP contribution in [-0.2, 0) is 11.8 Å². The summed E-state index contributed by atoms with van der Waals surface area (Å²) in [5.41, 5.74) is 1.12. The zero-order chi connectivity index (χ0) is 12.6. The number of aryl methyl sites for hydroxylation is 2. The molecule has 0 aliphatic heterocycles. The molecule has 0 bridgehead atoms. The average Bonchev–Trinajstić information content (AvgIpc) is 3.00. The molecule has 0 spiro atoms.